The van der Waals surface area contributed by atoms with Crippen molar-refractivity contribution in [3.05, 3.63) is 59.7 Å². The van der Waals surface area contributed by atoms with E-state index in [1.54, 1.807) is 0 Å². The van der Waals surface area contributed by atoms with Crippen LogP contribution in [-0.4, -0.2) is 18.8 Å². The molecule has 0 saturated heterocycles. The molecule has 2 heteroatoms. The Morgan fingerprint density at radius 3 is 2.65 bits per heavy atom. The fraction of sp³-hybridized carbons (Fsp3) is 0.333. The van der Waals surface area contributed by atoms with Crippen LogP contribution in [0.15, 0.2) is 53.4 Å². The van der Waals surface area contributed by atoms with Crippen molar-refractivity contribution in [2.75, 3.05) is 23.7 Å². The smallest absolute Gasteiger partial charge is 0.0396 e. The molecule has 1 aliphatic heterocycles. The Balaban J connectivity index is 1.82. The first-order chi connectivity index (χ1) is 9.79. The molecule has 2 aromatic rings. The van der Waals surface area contributed by atoms with Crippen LogP contribution in [0.25, 0.3) is 0 Å². The maximum Gasteiger partial charge on any atom is 0.0396 e. The molecule has 1 unspecified atom stereocenters. The quantitative estimate of drug-likeness (QED) is 0.799. The molecule has 2 aromatic carbocycles. The van der Waals surface area contributed by atoms with Gasteiger partial charge in [0.05, 0.1) is 0 Å². The van der Waals surface area contributed by atoms with Gasteiger partial charge in [0.15, 0.2) is 0 Å². The lowest BCUT2D eigenvalue weighted by Crippen LogP contribution is -2.29. The van der Waals surface area contributed by atoms with Crippen LogP contribution in [0.4, 0.5) is 5.69 Å². The number of benzene rings is 2. The minimum Gasteiger partial charge on any atom is -0.371 e. The van der Waals surface area contributed by atoms with Gasteiger partial charge in [-0.15, -0.1) is 11.8 Å². The third-order valence-electron chi connectivity index (χ3n) is 4.08. The van der Waals surface area contributed by atoms with Crippen molar-refractivity contribution in [1.29, 1.82) is 0 Å². The summed E-state index contributed by atoms with van der Waals surface area (Å²) in [6.07, 6.45) is 0. The molecule has 1 nitrogen and oxygen atoms in total. The molecule has 0 aliphatic carbocycles. The molecule has 1 heterocycles. The number of anilines is 1. The van der Waals surface area contributed by atoms with Crippen LogP contribution >= 0.6 is 11.8 Å². The molecule has 0 bridgehead atoms. The van der Waals surface area contributed by atoms with Gasteiger partial charge in [0.2, 0.25) is 0 Å². The molecule has 1 aliphatic rings. The van der Waals surface area contributed by atoms with Gasteiger partial charge in [-0.25, -0.2) is 0 Å². The predicted molar refractivity (Wildman–Crippen MR) is 89.0 cm³/mol. The number of nitrogens with zero attached hydrogens (tertiary/aromatic N) is 1. The molecule has 0 fully saturated rings. The molecule has 0 N–H and O–H groups in total. The Labute approximate surface area is 126 Å². The largest absolute Gasteiger partial charge is 0.371 e. The molecular formula is C18H21NS. The molecule has 3 rings (SSSR count). The van der Waals surface area contributed by atoms with E-state index in [1.807, 2.05) is 11.8 Å². The average molecular weight is 283 g/mol. The fourth-order valence-corrected chi connectivity index (χ4v) is 4.20. The SMILES string of the molecule is CCN(CC1CSc2ccccc21)c1ccccc1C. The normalized spacial score (nSPS) is 17.0. The minimum atomic E-state index is 0.649. The monoisotopic (exact) mass is 283 g/mol. The first-order valence-electron chi connectivity index (χ1n) is 7.32. The lowest BCUT2D eigenvalue weighted by Gasteiger charge is -2.28. The van der Waals surface area contributed by atoms with Crippen LogP contribution in [0, 0.1) is 6.92 Å². The van der Waals surface area contributed by atoms with E-state index in [9.17, 15) is 0 Å². The topological polar surface area (TPSA) is 3.24 Å². The summed E-state index contributed by atoms with van der Waals surface area (Å²) < 4.78 is 0. The van der Waals surface area contributed by atoms with Crippen LogP contribution in [0.1, 0.15) is 24.0 Å². The Morgan fingerprint density at radius 1 is 1.10 bits per heavy atom. The molecule has 0 radical (unpaired) electrons. The minimum absolute atomic E-state index is 0.649. The summed E-state index contributed by atoms with van der Waals surface area (Å²) in [6, 6.07) is 17.6. The Kier molecular flexibility index (Phi) is 4.02. The second-order valence-corrected chi connectivity index (χ2v) is 6.43. The van der Waals surface area contributed by atoms with E-state index >= 15 is 0 Å². The molecule has 0 spiro atoms. The van der Waals surface area contributed by atoms with Gasteiger partial charge in [-0.2, -0.15) is 0 Å². The second-order valence-electron chi connectivity index (χ2n) is 5.37. The summed E-state index contributed by atoms with van der Waals surface area (Å²) >= 11 is 2.00. The van der Waals surface area contributed by atoms with Gasteiger partial charge >= 0.3 is 0 Å². The molecule has 0 amide bonds. The maximum absolute atomic E-state index is 2.52. The van der Waals surface area contributed by atoms with E-state index in [0.717, 1.165) is 13.1 Å². The maximum atomic E-state index is 2.52. The lowest BCUT2D eigenvalue weighted by molar-refractivity contribution is 0.709. The summed E-state index contributed by atoms with van der Waals surface area (Å²) in [5.74, 6) is 1.86. The van der Waals surface area contributed by atoms with Crippen molar-refractivity contribution in [1.82, 2.24) is 0 Å². The van der Waals surface area contributed by atoms with Gasteiger partial charge < -0.3 is 4.90 Å². The number of fused-ring (bicyclic) bond motifs is 1. The third-order valence-corrected chi connectivity index (χ3v) is 5.33. The number of para-hydroxylation sites is 1. The Hall–Kier alpha value is -1.41. The van der Waals surface area contributed by atoms with Gasteiger partial charge in [0.1, 0.15) is 0 Å². The summed E-state index contributed by atoms with van der Waals surface area (Å²) in [4.78, 5) is 3.99. The van der Waals surface area contributed by atoms with E-state index < -0.39 is 0 Å². The van der Waals surface area contributed by atoms with Crippen LogP contribution < -0.4 is 4.90 Å². The molecule has 0 aromatic heterocycles. The third kappa shape index (κ3) is 2.57. The van der Waals surface area contributed by atoms with Crippen molar-refractivity contribution in [2.45, 2.75) is 24.7 Å². The summed E-state index contributed by atoms with van der Waals surface area (Å²) in [6.45, 7) is 6.63. The Morgan fingerprint density at radius 2 is 1.85 bits per heavy atom. The van der Waals surface area contributed by atoms with E-state index in [0.29, 0.717) is 5.92 Å². The number of aryl methyl sites for hydroxylation is 1. The van der Waals surface area contributed by atoms with Gasteiger partial charge in [0.25, 0.3) is 0 Å². The van der Waals surface area contributed by atoms with Crippen molar-refractivity contribution in [2.24, 2.45) is 0 Å². The van der Waals surface area contributed by atoms with E-state index in [1.165, 1.54) is 27.5 Å². The summed E-state index contributed by atoms with van der Waals surface area (Å²) in [5.41, 5.74) is 4.28. The van der Waals surface area contributed by atoms with E-state index in [-0.39, 0.29) is 0 Å². The highest BCUT2D eigenvalue weighted by molar-refractivity contribution is 7.99. The first-order valence-corrected chi connectivity index (χ1v) is 8.30. The number of hydrogen-bond donors (Lipinski definition) is 0. The van der Waals surface area contributed by atoms with Crippen molar-refractivity contribution < 1.29 is 0 Å². The lowest BCUT2D eigenvalue weighted by atomic mass is 10.00. The molecular weight excluding hydrogens is 262 g/mol. The summed E-state index contributed by atoms with van der Waals surface area (Å²) in [5, 5.41) is 0. The zero-order chi connectivity index (χ0) is 13.9. The highest BCUT2D eigenvalue weighted by Gasteiger charge is 2.24. The molecule has 20 heavy (non-hydrogen) atoms. The summed E-state index contributed by atoms with van der Waals surface area (Å²) in [7, 11) is 0. The van der Waals surface area contributed by atoms with Gasteiger partial charge in [-0.3, -0.25) is 0 Å². The van der Waals surface area contributed by atoms with Crippen LogP contribution in [0.2, 0.25) is 0 Å². The first kappa shape index (κ1) is 13.6. The number of likely N-dealkylation sites (N-methyl/N-ethyl adjacent to an activating group) is 1. The highest BCUT2D eigenvalue weighted by Crippen LogP contribution is 2.40. The predicted octanol–water partition coefficient (Wildman–Crippen LogP) is 4.71. The van der Waals surface area contributed by atoms with Crippen molar-refractivity contribution in [3.8, 4) is 0 Å². The number of thioether (sulfide) groups is 1. The number of rotatable bonds is 4. The van der Waals surface area contributed by atoms with Crippen LogP contribution in [0.5, 0.6) is 0 Å². The highest BCUT2D eigenvalue weighted by atomic mass is 32.2. The van der Waals surface area contributed by atoms with Gasteiger partial charge in [0, 0.05) is 35.3 Å². The van der Waals surface area contributed by atoms with Crippen molar-refractivity contribution in [3.63, 3.8) is 0 Å². The standard InChI is InChI=1S/C18H21NS/c1-3-19(17-10-6-4-8-14(17)2)12-15-13-20-18-11-7-5-9-16(15)18/h4-11,15H,3,12-13H2,1-2H3. The molecule has 104 valence electrons. The second kappa shape index (κ2) is 5.92. The van der Waals surface area contributed by atoms with Crippen LogP contribution in [-0.2, 0) is 0 Å². The molecule has 0 saturated carbocycles. The van der Waals surface area contributed by atoms with Gasteiger partial charge in [-0.1, -0.05) is 36.4 Å². The fourth-order valence-electron chi connectivity index (χ4n) is 2.96. The van der Waals surface area contributed by atoms with E-state index in [4.69, 9.17) is 0 Å². The zero-order valence-electron chi connectivity index (χ0n) is 12.2. The zero-order valence-corrected chi connectivity index (χ0v) is 13.0. The Bertz CT molecular complexity index is 593. The van der Waals surface area contributed by atoms with Gasteiger partial charge in [-0.05, 0) is 37.1 Å². The molecule has 1 atom stereocenters. The van der Waals surface area contributed by atoms with Crippen LogP contribution in [0.3, 0.4) is 0 Å². The van der Waals surface area contributed by atoms with Crippen molar-refractivity contribution >= 4 is 17.4 Å². The van der Waals surface area contributed by atoms with E-state index in [2.05, 4.69) is 67.3 Å². The number of hydrogen-bond acceptors (Lipinski definition) is 2. The average Bonchev–Trinajstić information content (AvgIpc) is 2.89.